The minimum absolute atomic E-state index is 0.178. The van der Waals surface area contributed by atoms with Crippen LogP contribution in [0.2, 0.25) is 4.34 Å². The number of rotatable bonds is 4. The maximum atomic E-state index is 11.2. The summed E-state index contributed by atoms with van der Waals surface area (Å²) in [4.78, 5) is 12.1. The van der Waals surface area contributed by atoms with Gasteiger partial charge in [0.25, 0.3) is 0 Å². The second kappa shape index (κ2) is 5.84. The fourth-order valence-electron chi connectivity index (χ4n) is 1.05. The van der Waals surface area contributed by atoms with E-state index in [-0.39, 0.29) is 18.4 Å². The summed E-state index contributed by atoms with van der Waals surface area (Å²) in [6.45, 7) is 2.14. The Morgan fingerprint density at radius 2 is 2.47 bits per heavy atom. The van der Waals surface area contributed by atoms with Gasteiger partial charge in [0, 0.05) is 15.4 Å². The maximum Gasteiger partial charge on any atom is 0.307 e. The molecule has 1 heterocycles. The van der Waals surface area contributed by atoms with Crippen molar-refractivity contribution in [3.8, 4) is 0 Å². The summed E-state index contributed by atoms with van der Waals surface area (Å²) in [5, 5.41) is 0. The fraction of sp³-hybridized carbons (Fsp3) is 0.444. The van der Waals surface area contributed by atoms with Gasteiger partial charge in [-0.2, -0.15) is 0 Å². The number of thiophene rings is 1. The van der Waals surface area contributed by atoms with Gasteiger partial charge in [0.2, 0.25) is 0 Å². The van der Waals surface area contributed by atoms with E-state index in [0.717, 1.165) is 9.35 Å². The highest BCUT2D eigenvalue weighted by Gasteiger charge is 2.16. The van der Waals surface area contributed by atoms with Gasteiger partial charge in [-0.25, -0.2) is 0 Å². The molecule has 0 aliphatic carbocycles. The standard InChI is InChI=1S/C9H11BrClNO2S/c1-2-14-8(13)4-6(12)7-3-5(10)9(11)15-7/h3,6H,2,4,12H2,1H3. The van der Waals surface area contributed by atoms with Gasteiger partial charge in [-0.3, -0.25) is 4.79 Å². The first-order valence-electron chi connectivity index (χ1n) is 4.40. The number of carbonyl (C=O) groups excluding carboxylic acids is 1. The molecule has 0 saturated heterocycles. The van der Waals surface area contributed by atoms with Crippen molar-refractivity contribution in [1.82, 2.24) is 0 Å². The third-order valence-corrected chi connectivity index (χ3v) is 4.33. The van der Waals surface area contributed by atoms with Crippen molar-refractivity contribution < 1.29 is 9.53 Å². The van der Waals surface area contributed by atoms with E-state index < -0.39 is 0 Å². The van der Waals surface area contributed by atoms with Crippen LogP contribution in [0.1, 0.15) is 24.3 Å². The molecule has 3 nitrogen and oxygen atoms in total. The average Bonchev–Trinajstić information content (AvgIpc) is 2.47. The Hall–Kier alpha value is -0.100. The molecule has 1 atom stereocenters. The summed E-state index contributed by atoms with van der Waals surface area (Å²) in [6, 6.07) is 1.48. The van der Waals surface area contributed by atoms with E-state index in [0.29, 0.717) is 10.9 Å². The van der Waals surface area contributed by atoms with Gasteiger partial charge in [-0.05, 0) is 28.9 Å². The van der Waals surface area contributed by atoms with Crippen molar-refractivity contribution in [1.29, 1.82) is 0 Å². The topological polar surface area (TPSA) is 52.3 Å². The highest BCUT2D eigenvalue weighted by atomic mass is 79.9. The molecular weight excluding hydrogens is 302 g/mol. The molecular formula is C9H11BrClNO2S. The third kappa shape index (κ3) is 3.75. The summed E-state index contributed by atoms with van der Waals surface area (Å²) in [5.74, 6) is -0.286. The zero-order chi connectivity index (χ0) is 11.4. The van der Waals surface area contributed by atoms with E-state index in [2.05, 4.69) is 15.9 Å². The molecule has 0 aromatic carbocycles. The van der Waals surface area contributed by atoms with E-state index in [1.165, 1.54) is 11.3 Å². The Morgan fingerprint density at radius 1 is 1.80 bits per heavy atom. The quantitative estimate of drug-likeness (QED) is 0.869. The zero-order valence-corrected chi connectivity index (χ0v) is 11.3. The van der Waals surface area contributed by atoms with Crippen LogP contribution in [-0.4, -0.2) is 12.6 Å². The normalized spacial score (nSPS) is 12.5. The molecule has 0 radical (unpaired) electrons. The number of halogens is 2. The lowest BCUT2D eigenvalue weighted by molar-refractivity contribution is -0.143. The highest BCUT2D eigenvalue weighted by Crippen LogP contribution is 2.35. The third-order valence-electron chi connectivity index (χ3n) is 1.72. The fourth-order valence-corrected chi connectivity index (χ4v) is 2.78. The van der Waals surface area contributed by atoms with Crippen LogP contribution < -0.4 is 5.73 Å². The molecule has 0 amide bonds. The molecule has 0 spiro atoms. The lowest BCUT2D eigenvalue weighted by Gasteiger charge is -2.07. The number of hydrogen-bond acceptors (Lipinski definition) is 4. The van der Waals surface area contributed by atoms with Crippen molar-refractivity contribution >= 4 is 44.8 Å². The predicted octanol–water partition coefficient (Wildman–Crippen LogP) is 3.12. The van der Waals surface area contributed by atoms with Crippen LogP contribution in [0, 0.1) is 0 Å². The summed E-state index contributed by atoms with van der Waals surface area (Å²) >= 11 is 10.5. The number of carbonyl (C=O) groups is 1. The summed E-state index contributed by atoms with van der Waals surface area (Å²) in [7, 11) is 0. The molecule has 0 fully saturated rings. The Balaban J connectivity index is 2.60. The molecule has 0 saturated carbocycles. The minimum atomic E-state index is -0.349. The van der Waals surface area contributed by atoms with Gasteiger partial charge in [-0.1, -0.05) is 11.6 Å². The Bertz CT molecular complexity index is 336. The van der Waals surface area contributed by atoms with Crippen LogP contribution >= 0.6 is 38.9 Å². The number of hydrogen-bond donors (Lipinski definition) is 1. The first-order chi connectivity index (χ1) is 7.04. The molecule has 1 aromatic rings. The molecule has 6 heteroatoms. The van der Waals surface area contributed by atoms with Crippen LogP contribution in [0.15, 0.2) is 10.5 Å². The first kappa shape index (κ1) is 13.0. The minimum Gasteiger partial charge on any atom is -0.466 e. The lowest BCUT2D eigenvalue weighted by atomic mass is 10.2. The van der Waals surface area contributed by atoms with Crippen LogP contribution in [0.3, 0.4) is 0 Å². The van der Waals surface area contributed by atoms with Crippen molar-refractivity contribution in [2.75, 3.05) is 6.61 Å². The molecule has 0 aliphatic rings. The Morgan fingerprint density at radius 3 is 2.93 bits per heavy atom. The Labute approximate surface area is 106 Å². The second-order valence-corrected chi connectivity index (χ2v) is 5.43. The van der Waals surface area contributed by atoms with Gasteiger partial charge < -0.3 is 10.5 Å². The summed E-state index contributed by atoms with van der Waals surface area (Å²) in [6.07, 6.45) is 0.178. The van der Waals surface area contributed by atoms with Gasteiger partial charge in [0.05, 0.1) is 13.0 Å². The molecule has 1 unspecified atom stereocenters. The number of esters is 1. The van der Waals surface area contributed by atoms with E-state index >= 15 is 0 Å². The van der Waals surface area contributed by atoms with E-state index in [4.69, 9.17) is 22.1 Å². The predicted molar refractivity (Wildman–Crippen MR) is 65.2 cm³/mol. The van der Waals surface area contributed by atoms with Crippen LogP contribution in [-0.2, 0) is 9.53 Å². The van der Waals surface area contributed by atoms with E-state index in [1.54, 1.807) is 6.92 Å². The van der Waals surface area contributed by atoms with Crippen LogP contribution in [0.5, 0.6) is 0 Å². The van der Waals surface area contributed by atoms with Gasteiger partial charge in [0.15, 0.2) is 0 Å². The smallest absolute Gasteiger partial charge is 0.307 e. The molecule has 15 heavy (non-hydrogen) atoms. The lowest BCUT2D eigenvalue weighted by Crippen LogP contribution is -2.16. The van der Waals surface area contributed by atoms with Gasteiger partial charge in [0.1, 0.15) is 4.34 Å². The Kier molecular flexibility index (Phi) is 5.05. The first-order valence-corrected chi connectivity index (χ1v) is 6.39. The van der Waals surface area contributed by atoms with Crippen LogP contribution in [0.25, 0.3) is 0 Å². The maximum absolute atomic E-state index is 11.2. The zero-order valence-electron chi connectivity index (χ0n) is 8.13. The molecule has 1 aromatic heterocycles. The molecule has 0 aliphatic heterocycles. The van der Waals surface area contributed by atoms with E-state index in [9.17, 15) is 4.79 Å². The number of nitrogens with two attached hydrogens (primary N) is 1. The molecule has 2 N–H and O–H groups in total. The van der Waals surface area contributed by atoms with E-state index in [1.807, 2.05) is 6.07 Å². The van der Waals surface area contributed by atoms with Crippen molar-refractivity contribution in [2.24, 2.45) is 5.73 Å². The molecule has 84 valence electrons. The second-order valence-electron chi connectivity index (χ2n) is 2.89. The van der Waals surface area contributed by atoms with Crippen molar-refractivity contribution in [3.63, 3.8) is 0 Å². The van der Waals surface area contributed by atoms with Crippen molar-refractivity contribution in [3.05, 3.63) is 19.8 Å². The largest absolute Gasteiger partial charge is 0.466 e. The van der Waals surface area contributed by atoms with Crippen LogP contribution in [0.4, 0.5) is 0 Å². The average molecular weight is 313 g/mol. The highest BCUT2D eigenvalue weighted by molar-refractivity contribution is 9.10. The SMILES string of the molecule is CCOC(=O)CC(N)c1cc(Br)c(Cl)s1. The summed E-state index contributed by atoms with van der Waals surface area (Å²) < 4.78 is 6.26. The molecule has 0 bridgehead atoms. The van der Waals surface area contributed by atoms with Crippen molar-refractivity contribution in [2.45, 2.75) is 19.4 Å². The monoisotopic (exact) mass is 311 g/mol. The summed E-state index contributed by atoms with van der Waals surface area (Å²) in [5.41, 5.74) is 5.84. The molecule has 1 rings (SSSR count). The van der Waals surface area contributed by atoms with Gasteiger partial charge in [-0.15, -0.1) is 11.3 Å². The van der Waals surface area contributed by atoms with Gasteiger partial charge >= 0.3 is 5.97 Å². The number of ether oxygens (including phenoxy) is 1.